The van der Waals surface area contributed by atoms with E-state index in [0.717, 1.165) is 11.3 Å². The summed E-state index contributed by atoms with van der Waals surface area (Å²) in [6, 6.07) is 8.38. The highest BCUT2D eigenvalue weighted by atomic mass is 14.9. The summed E-state index contributed by atoms with van der Waals surface area (Å²) in [7, 11) is 0. The summed E-state index contributed by atoms with van der Waals surface area (Å²) in [6.45, 7) is 0. The first kappa shape index (κ1) is 10.0. The molecule has 3 heteroatoms. The first-order valence-electron chi connectivity index (χ1n) is 5.47. The van der Waals surface area contributed by atoms with Crippen molar-refractivity contribution < 1.29 is 0 Å². The van der Waals surface area contributed by atoms with Crippen LogP contribution < -0.4 is 11.1 Å². The molecule has 0 heterocycles. The summed E-state index contributed by atoms with van der Waals surface area (Å²) in [4.78, 5) is 0. The van der Waals surface area contributed by atoms with Gasteiger partial charge < -0.3 is 11.1 Å². The highest BCUT2D eigenvalue weighted by Crippen LogP contribution is 2.22. The fourth-order valence-corrected chi connectivity index (χ4v) is 2.08. The van der Waals surface area contributed by atoms with Gasteiger partial charge in [0.05, 0.1) is 0 Å². The number of benzene rings is 1. The normalized spacial score (nSPS) is 16.5. The molecule has 15 heavy (non-hydrogen) atoms. The van der Waals surface area contributed by atoms with Gasteiger partial charge in [-0.2, -0.15) is 0 Å². The molecule has 0 unspecified atom stereocenters. The van der Waals surface area contributed by atoms with Crippen LogP contribution in [0.2, 0.25) is 0 Å². The SMILES string of the molecule is N=C(N)c1cccc(NC2CCCC2)c1. The van der Waals surface area contributed by atoms with Crippen molar-refractivity contribution in [2.45, 2.75) is 31.7 Å². The third kappa shape index (κ3) is 2.49. The molecule has 1 aromatic rings. The molecule has 0 aromatic heterocycles. The van der Waals surface area contributed by atoms with Crippen LogP contribution in [0.3, 0.4) is 0 Å². The summed E-state index contributed by atoms with van der Waals surface area (Å²) in [5.41, 5.74) is 7.31. The predicted molar refractivity (Wildman–Crippen MR) is 63.3 cm³/mol. The van der Waals surface area contributed by atoms with Gasteiger partial charge in [0, 0.05) is 17.3 Å². The number of nitrogens with two attached hydrogens (primary N) is 1. The molecular weight excluding hydrogens is 186 g/mol. The zero-order chi connectivity index (χ0) is 10.7. The number of nitrogen functional groups attached to an aromatic ring is 1. The number of amidine groups is 1. The molecular formula is C12H17N3. The Bertz CT molecular complexity index is 354. The van der Waals surface area contributed by atoms with Gasteiger partial charge in [0.25, 0.3) is 0 Å². The van der Waals surface area contributed by atoms with Crippen molar-refractivity contribution in [3.05, 3.63) is 29.8 Å². The molecule has 1 saturated carbocycles. The molecule has 2 rings (SSSR count). The second-order valence-corrected chi connectivity index (χ2v) is 4.12. The Morgan fingerprint density at radius 3 is 2.73 bits per heavy atom. The quantitative estimate of drug-likeness (QED) is 0.521. The first-order valence-corrected chi connectivity index (χ1v) is 5.47. The third-order valence-electron chi connectivity index (χ3n) is 2.90. The van der Waals surface area contributed by atoms with E-state index < -0.39 is 0 Å². The highest BCUT2D eigenvalue weighted by Gasteiger charge is 2.14. The molecule has 0 saturated heterocycles. The smallest absolute Gasteiger partial charge is 0.122 e. The molecule has 1 aliphatic rings. The third-order valence-corrected chi connectivity index (χ3v) is 2.90. The first-order chi connectivity index (χ1) is 7.25. The summed E-state index contributed by atoms with van der Waals surface area (Å²) < 4.78 is 0. The summed E-state index contributed by atoms with van der Waals surface area (Å²) in [5.74, 6) is 0.130. The van der Waals surface area contributed by atoms with Gasteiger partial charge in [-0.3, -0.25) is 5.41 Å². The maximum Gasteiger partial charge on any atom is 0.122 e. The van der Waals surface area contributed by atoms with E-state index in [-0.39, 0.29) is 5.84 Å². The Hall–Kier alpha value is -1.51. The average Bonchev–Trinajstić information content (AvgIpc) is 2.71. The topological polar surface area (TPSA) is 61.9 Å². The van der Waals surface area contributed by atoms with Crippen LogP contribution in [0.1, 0.15) is 31.2 Å². The number of rotatable bonds is 3. The van der Waals surface area contributed by atoms with E-state index in [1.165, 1.54) is 25.7 Å². The van der Waals surface area contributed by atoms with E-state index in [1.54, 1.807) is 0 Å². The largest absolute Gasteiger partial charge is 0.384 e. The molecule has 0 spiro atoms. The van der Waals surface area contributed by atoms with Gasteiger partial charge in [0.1, 0.15) is 5.84 Å². The molecule has 0 atom stereocenters. The van der Waals surface area contributed by atoms with E-state index in [9.17, 15) is 0 Å². The molecule has 0 amide bonds. The van der Waals surface area contributed by atoms with Gasteiger partial charge in [-0.25, -0.2) is 0 Å². The molecule has 1 aromatic carbocycles. The number of hydrogen-bond acceptors (Lipinski definition) is 2. The minimum absolute atomic E-state index is 0.130. The molecule has 0 bridgehead atoms. The van der Waals surface area contributed by atoms with Gasteiger partial charge >= 0.3 is 0 Å². The zero-order valence-electron chi connectivity index (χ0n) is 8.79. The molecule has 1 aliphatic carbocycles. The Kier molecular flexibility index (Phi) is 2.90. The second-order valence-electron chi connectivity index (χ2n) is 4.12. The van der Waals surface area contributed by atoms with Crippen LogP contribution in [0, 0.1) is 5.41 Å². The van der Waals surface area contributed by atoms with Crippen molar-refractivity contribution in [1.29, 1.82) is 5.41 Å². The zero-order valence-corrected chi connectivity index (χ0v) is 8.79. The fourth-order valence-electron chi connectivity index (χ4n) is 2.08. The van der Waals surface area contributed by atoms with Crippen LogP contribution in [0.25, 0.3) is 0 Å². The minimum Gasteiger partial charge on any atom is -0.384 e. The lowest BCUT2D eigenvalue weighted by atomic mass is 10.1. The van der Waals surface area contributed by atoms with Gasteiger partial charge in [-0.05, 0) is 25.0 Å². The van der Waals surface area contributed by atoms with E-state index in [4.69, 9.17) is 11.1 Å². The van der Waals surface area contributed by atoms with Gasteiger partial charge in [-0.15, -0.1) is 0 Å². The Morgan fingerprint density at radius 1 is 1.33 bits per heavy atom. The van der Waals surface area contributed by atoms with Gasteiger partial charge in [0.2, 0.25) is 0 Å². The number of anilines is 1. The Morgan fingerprint density at radius 2 is 2.07 bits per heavy atom. The maximum atomic E-state index is 7.37. The predicted octanol–water partition coefficient (Wildman–Crippen LogP) is 2.33. The number of nitrogens with one attached hydrogen (secondary N) is 2. The van der Waals surface area contributed by atoms with Crippen molar-refractivity contribution in [2.75, 3.05) is 5.32 Å². The molecule has 0 radical (unpaired) electrons. The molecule has 1 fully saturated rings. The van der Waals surface area contributed by atoms with Crippen molar-refractivity contribution in [2.24, 2.45) is 5.73 Å². The minimum atomic E-state index is 0.130. The van der Waals surface area contributed by atoms with E-state index in [0.29, 0.717) is 6.04 Å². The monoisotopic (exact) mass is 203 g/mol. The van der Waals surface area contributed by atoms with Crippen LogP contribution >= 0.6 is 0 Å². The Labute approximate surface area is 90.2 Å². The van der Waals surface area contributed by atoms with Crippen molar-refractivity contribution in [1.82, 2.24) is 0 Å². The standard InChI is InChI=1S/C12H17N3/c13-12(14)9-4-3-7-11(8-9)15-10-5-1-2-6-10/h3-4,7-8,10,15H,1-2,5-6H2,(H3,13,14). The lowest BCUT2D eigenvalue weighted by Gasteiger charge is -2.13. The molecule has 4 N–H and O–H groups in total. The fraction of sp³-hybridized carbons (Fsp3) is 0.417. The second kappa shape index (κ2) is 4.34. The Balaban J connectivity index is 2.07. The summed E-state index contributed by atoms with van der Waals surface area (Å²) in [5, 5.41) is 10.9. The summed E-state index contributed by atoms with van der Waals surface area (Å²) >= 11 is 0. The highest BCUT2D eigenvalue weighted by molar-refractivity contribution is 5.95. The maximum absolute atomic E-state index is 7.37. The van der Waals surface area contributed by atoms with Crippen LogP contribution in [-0.2, 0) is 0 Å². The van der Waals surface area contributed by atoms with E-state index in [2.05, 4.69) is 5.32 Å². The molecule has 0 aliphatic heterocycles. The van der Waals surface area contributed by atoms with Gasteiger partial charge in [0.15, 0.2) is 0 Å². The van der Waals surface area contributed by atoms with E-state index in [1.807, 2.05) is 24.3 Å². The molecule has 80 valence electrons. The van der Waals surface area contributed by atoms with Gasteiger partial charge in [-0.1, -0.05) is 25.0 Å². The van der Waals surface area contributed by atoms with Crippen LogP contribution in [0.5, 0.6) is 0 Å². The molecule has 3 nitrogen and oxygen atoms in total. The van der Waals surface area contributed by atoms with Crippen molar-refractivity contribution >= 4 is 11.5 Å². The van der Waals surface area contributed by atoms with Crippen LogP contribution in [-0.4, -0.2) is 11.9 Å². The van der Waals surface area contributed by atoms with Crippen LogP contribution in [0.15, 0.2) is 24.3 Å². The van der Waals surface area contributed by atoms with Crippen molar-refractivity contribution in [3.63, 3.8) is 0 Å². The summed E-state index contributed by atoms with van der Waals surface area (Å²) in [6.07, 6.45) is 5.16. The lowest BCUT2D eigenvalue weighted by Crippen LogP contribution is -2.16. The lowest BCUT2D eigenvalue weighted by molar-refractivity contribution is 0.755. The van der Waals surface area contributed by atoms with Crippen LogP contribution in [0.4, 0.5) is 5.69 Å². The number of hydrogen-bond donors (Lipinski definition) is 3. The van der Waals surface area contributed by atoms with E-state index >= 15 is 0 Å². The average molecular weight is 203 g/mol. The van der Waals surface area contributed by atoms with Crippen molar-refractivity contribution in [3.8, 4) is 0 Å².